The molecule has 1 heterocycles. The number of hydrogen-bond acceptors (Lipinski definition) is 2. The quantitative estimate of drug-likeness (QED) is 0.728. The fraction of sp³-hybridized carbons (Fsp3) is 0.778. The number of carbonyl (C=O) groups excluding carboxylic acids is 1. The molecule has 0 aliphatic carbocycles. The summed E-state index contributed by atoms with van der Waals surface area (Å²) in [5.41, 5.74) is 0. The van der Waals surface area contributed by atoms with Crippen molar-refractivity contribution in [3.63, 3.8) is 0 Å². The highest BCUT2D eigenvalue weighted by Gasteiger charge is 2.34. The van der Waals surface area contributed by atoms with Crippen LogP contribution in [0.2, 0.25) is 0 Å². The molecule has 1 N–H and O–H groups in total. The summed E-state index contributed by atoms with van der Waals surface area (Å²) in [6.45, 7) is 2.44. The van der Waals surface area contributed by atoms with Gasteiger partial charge in [0.15, 0.2) is 0 Å². The average Bonchev–Trinajstić information content (AvgIpc) is 2.43. The van der Waals surface area contributed by atoms with Crippen LogP contribution in [0.1, 0.15) is 32.6 Å². The van der Waals surface area contributed by atoms with Crippen LogP contribution in [-0.2, 0) is 4.79 Å². The van der Waals surface area contributed by atoms with Crippen molar-refractivity contribution in [3.8, 4) is 0 Å². The Hall–Kier alpha value is -1.06. The fourth-order valence-electron chi connectivity index (χ4n) is 1.65. The minimum absolute atomic E-state index is 0.0453. The van der Waals surface area contributed by atoms with Gasteiger partial charge in [0, 0.05) is 12.5 Å². The molecule has 1 aliphatic heterocycles. The first kappa shape index (κ1) is 10.0. The summed E-state index contributed by atoms with van der Waals surface area (Å²) < 4.78 is 0. The van der Waals surface area contributed by atoms with E-state index in [1.807, 2.05) is 0 Å². The molecule has 4 nitrogen and oxygen atoms in total. The van der Waals surface area contributed by atoms with Gasteiger partial charge in [-0.2, -0.15) is 0 Å². The lowest BCUT2D eigenvalue weighted by Gasteiger charge is -2.09. The molecule has 0 spiro atoms. The highest BCUT2D eigenvalue weighted by atomic mass is 16.4. The van der Waals surface area contributed by atoms with Crippen LogP contribution in [0.3, 0.4) is 0 Å². The van der Waals surface area contributed by atoms with Crippen molar-refractivity contribution < 1.29 is 14.7 Å². The Morgan fingerprint density at radius 3 is 2.85 bits per heavy atom. The van der Waals surface area contributed by atoms with Gasteiger partial charge in [-0.05, 0) is 12.8 Å². The molecule has 0 aromatic heterocycles. The normalized spacial score (nSPS) is 22.4. The number of nitrogens with zero attached hydrogens (tertiary/aromatic N) is 1. The monoisotopic (exact) mass is 185 g/mol. The summed E-state index contributed by atoms with van der Waals surface area (Å²) in [7, 11) is 0. The van der Waals surface area contributed by atoms with E-state index in [2.05, 4.69) is 6.92 Å². The van der Waals surface area contributed by atoms with Gasteiger partial charge < -0.3 is 5.11 Å². The third-order valence-corrected chi connectivity index (χ3v) is 2.45. The molecule has 0 aromatic carbocycles. The topological polar surface area (TPSA) is 57.6 Å². The summed E-state index contributed by atoms with van der Waals surface area (Å²) in [5.74, 6) is -0.253. The largest absolute Gasteiger partial charge is 0.465 e. The van der Waals surface area contributed by atoms with Crippen molar-refractivity contribution in [3.05, 3.63) is 0 Å². The van der Waals surface area contributed by atoms with Gasteiger partial charge in [0.05, 0.1) is 0 Å². The van der Waals surface area contributed by atoms with E-state index in [1.54, 1.807) is 0 Å². The van der Waals surface area contributed by atoms with Crippen molar-refractivity contribution >= 4 is 12.0 Å². The van der Waals surface area contributed by atoms with Gasteiger partial charge in [-0.3, -0.25) is 4.79 Å². The molecule has 0 radical (unpaired) electrons. The van der Waals surface area contributed by atoms with Crippen LogP contribution in [0, 0.1) is 5.92 Å². The van der Waals surface area contributed by atoms with Gasteiger partial charge in [-0.15, -0.1) is 0 Å². The van der Waals surface area contributed by atoms with Crippen LogP contribution in [0.15, 0.2) is 0 Å². The number of rotatable bonds is 3. The zero-order valence-electron chi connectivity index (χ0n) is 7.82. The standard InChI is InChI=1S/C9H15NO3/c1-2-3-4-7-5-6-10(8(7)11)9(12)13/h7H,2-6H2,1H3,(H,12,13). The molecule has 1 atom stereocenters. The summed E-state index contributed by atoms with van der Waals surface area (Å²) in [4.78, 5) is 22.9. The number of amides is 2. The molecule has 1 fully saturated rings. The molecule has 1 unspecified atom stereocenters. The van der Waals surface area contributed by atoms with Crippen molar-refractivity contribution in [1.29, 1.82) is 0 Å². The van der Waals surface area contributed by atoms with Gasteiger partial charge in [0.25, 0.3) is 0 Å². The van der Waals surface area contributed by atoms with Crippen molar-refractivity contribution in [2.45, 2.75) is 32.6 Å². The number of unbranched alkanes of at least 4 members (excludes halogenated alkanes) is 1. The number of imide groups is 1. The lowest BCUT2D eigenvalue weighted by molar-refractivity contribution is -0.129. The zero-order valence-corrected chi connectivity index (χ0v) is 7.82. The number of carbonyl (C=O) groups is 2. The third kappa shape index (κ3) is 2.20. The maximum absolute atomic E-state index is 11.4. The van der Waals surface area contributed by atoms with Gasteiger partial charge >= 0.3 is 6.09 Å². The van der Waals surface area contributed by atoms with Crippen LogP contribution in [0.5, 0.6) is 0 Å². The number of likely N-dealkylation sites (tertiary alicyclic amines) is 1. The smallest absolute Gasteiger partial charge is 0.414 e. The van der Waals surface area contributed by atoms with Crippen LogP contribution >= 0.6 is 0 Å². The second kappa shape index (κ2) is 4.25. The Morgan fingerprint density at radius 2 is 2.38 bits per heavy atom. The van der Waals surface area contributed by atoms with Gasteiger partial charge in [0.1, 0.15) is 0 Å². The molecule has 1 saturated heterocycles. The predicted molar refractivity (Wildman–Crippen MR) is 47.4 cm³/mol. The maximum atomic E-state index is 11.4. The summed E-state index contributed by atoms with van der Waals surface area (Å²) in [6, 6.07) is 0. The van der Waals surface area contributed by atoms with E-state index in [0.717, 1.165) is 24.2 Å². The van der Waals surface area contributed by atoms with Gasteiger partial charge in [-0.25, -0.2) is 9.69 Å². The van der Waals surface area contributed by atoms with E-state index >= 15 is 0 Å². The first-order valence-corrected chi connectivity index (χ1v) is 4.71. The van der Waals surface area contributed by atoms with E-state index in [4.69, 9.17) is 5.11 Å². The summed E-state index contributed by atoms with van der Waals surface area (Å²) in [5, 5.41) is 8.63. The number of carboxylic acid groups (broad SMARTS) is 1. The molecule has 1 aliphatic rings. The van der Waals surface area contributed by atoms with E-state index in [1.165, 1.54) is 0 Å². The van der Waals surface area contributed by atoms with Crippen LogP contribution in [0.4, 0.5) is 4.79 Å². The Kier molecular flexibility index (Phi) is 3.28. The van der Waals surface area contributed by atoms with Crippen molar-refractivity contribution in [2.75, 3.05) is 6.54 Å². The highest BCUT2D eigenvalue weighted by Crippen LogP contribution is 2.23. The molecular weight excluding hydrogens is 170 g/mol. The molecule has 0 saturated carbocycles. The second-order valence-electron chi connectivity index (χ2n) is 3.40. The zero-order chi connectivity index (χ0) is 9.84. The Balaban J connectivity index is 2.45. The van der Waals surface area contributed by atoms with E-state index in [9.17, 15) is 9.59 Å². The van der Waals surface area contributed by atoms with Crippen LogP contribution in [-0.4, -0.2) is 28.6 Å². The highest BCUT2D eigenvalue weighted by molar-refractivity contribution is 5.94. The summed E-state index contributed by atoms with van der Waals surface area (Å²) >= 11 is 0. The van der Waals surface area contributed by atoms with Crippen molar-refractivity contribution in [2.24, 2.45) is 5.92 Å². The Labute approximate surface area is 77.5 Å². The summed E-state index contributed by atoms with van der Waals surface area (Å²) in [6.07, 6.45) is 2.48. The molecule has 4 heteroatoms. The minimum Gasteiger partial charge on any atom is -0.465 e. The Bertz CT molecular complexity index is 215. The van der Waals surface area contributed by atoms with Crippen molar-refractivity contribution in [1.82, 2.24) is 4.90 Å². The molecule has 0 bridgehead atoms. The maximum Gasteiger partial charge on any atom is 0.414 e. The van der Waals surface area contributed by atoms with E-state index < -0.39 is 6.09 Å². The number of hydrogen-bond donors (Lipinski definition) is 1. The average molecular weight is 185 g/mol. The third-order valence-electron chi connectivity index (χ3n) is 2.45. The van der Waals surface area contributed by atoms with Crippen LogP contribution in [0.25, 0.3) is 0 Å². The predicted octanol–water partition coefficient (Wildman–Crippen LogP) is 1.70. The van der Waals surface area contributed by atoms with E-state index in [0.29, 0.717) is 13.0 Å². The first-order valence-electron chi connectivity index (χ1n) is 4.71. The Morgan fingerprint density at radius 1 is 1.69 bits per heavy atom. The molecule has 0 aromatic rings. The molecule has 2 amide bonds. The SMILES string of the molecule is CCCCC1CCN(C(=O)O)C1=O. The minimum atomic E-state index is -1.11. The second-order valence-corrected chi connectivity index (χ2v) is 3.40. The lowest BCUT2D eigenvalue weighted by atomic mass is 10.0. The lowest BCUT2D eigenvalue weighted by Crippen LogP contribution is -2.32. The molecular formula is C9H15NO3. The van der Waals surface area contributed by atoms with Gasteiger partial charge in [0.2, 0.25) is 5.91 Å². The molecule has 74 valence electrons. The van der Waals surface area contributed by atoms with E-state index in [-0.39, 0.29) is 11.8 Å². The fourth-order valence-corrected chi connectivity index (χ4v) is 1.65. The molecule has 1 rings (SSSR count). The molecule has 13 heavy (non-hydrogen) atoms. The first-order chi connectivity index (χ1) is 6.16. The van der Waals surface area contributed by atoms with Gasteiger partial charge in [-0.1, -0.05) is 19.8 Å². The van der Waals surface area contributed by atoms with Crippen LogP contribution < -0.4 is 0 Å².